The second-order valence-corrected chi connectivity index (χ2v) is 8.63. The summed E-state index contributed by atoms with van der Waals surface area (Å²) in [6.45, 7) is 13.3. The summed E-state index contributed by atoms with van der Waals surface area (Å²) in [5, 5.41) is 19.5. The number of hydrogen-bond donors (Lipinski definition) is 2. The molecule has 0 saturated carbocycles. The van der Waals surface area contributed by atoms with Crippen molar-refractivity contribution in [2.75, 3.05) is 0 Å². The van der Waals surface area contributed by atoms with Crippen LogP contribution in [-0.4, -0.2) is 22.2 Å². The van der Waals surface area contributed by atoms with Crippen molar-refractivity contribution in [3.8, 4) is 0 Å². The Balaban J connectivity index is 3.58. The number of carboxylic acids is 2. The van der Waals surface area contributed by atoms with Crippen molar-refractivity contribution in [3.63, 3.8) is 0 Å². The van der Waals surface area contributed by atoms with E-state index in [0.29, 0.717) is 6.42 Å². The van der Waals surface area contributed by atoms with Gasteiger partial charge in [0.2, 0.25) is 0 Å². The van der Waals surface area contributed by atoms with Gasteiger partial charge >= 0.3 is 11.9 Å². The van der Waals surface area contributed by atoms with E-state index in [0.717, 1.165) is 5.57 Å². The minimum absolute atomic E-state index is 0.119. The zero-order valence-corrected chi connectivity index (χ0v) is 14.2. The molecule has 0 saturated heterocycles. The van der Waals surface area contributed by atoms with E-state index in [1.165, 1.54) is 0 Å². The highest BCUT2D eigenvalue weighted by molar-refractivity contribution is 5.82. The highest BCUT2D eigenvalue weighted by Gasteiger charge is 2.57. The van der Waals surface area contributed by atoms with Gasteiger partial charge in [0.15, 0.2) is 0 Å². The van der Waals surface area contributed by atoms with Gasteiger partial charge in [-0.2, -0.15) is 0 Å². The highest BCUT2D eigenvalue weighted by atomic mass is 16.4. The van der Waals surface area contributed by atoms with Crippen LogP contribution in [0.1, 0.15) is 61.3 Å². The molecule has 21 heavy (non-hydrogen) atoms. The Morgan fingerprint density at radius 1 is 1.05 bits per heavy atom. The summed E-state index contributed by atoms with van der Waals surface area (Å²) in [6.07, 6.45) is 2.30. The van der Waals surface area contributed by atoms with Gasteiger partial charge in [-0.1, -0.05) is 53.2 Å². The zero-order valence-electron chi connectivity index (χ0n) is 14.2. The number of carbonyl (C=O) groups is 2. The van der Waals surface area contributed by atoms with E-state index >= 15 is 0 Å². The molecule has 0 spiro atoms. The molecule has 0 aromatic rings. The molecule has 0 bridgehead atoms. The summed E-state index contributed by atoms with van der Waals surface area (Å²) in [5.41, 5.74) is -2.08. The smallest absolute Gasteiger partial charge is 0.313 e. The van der Waals surface area contributed by atoms with Gasteiger partial charge in [0, 0.05) is 0 Å². The minimum Gasteiger partial charge on any atom is -0.481 e. The molecule has 0 aromatic heterocycles. The summed E-state index contributed by atoms with van der Waals surface area (Å²) in [5.74, 6) is -1.86. The maximum absolute atomic E-state index is 12.1. The normalized spacial score (nSPS) is 30.7. The van der Waals surface area contributed by atoms with Crippen molar-refractivity contribution in [1.82, 2.24) is 0 Å². The second-order valence-electron chi connectivity index (χ2n) is 8.63. The third-order valence-corrected chi connectivity index (χ3v) is 4.95. The summed E-state index contributed by atoms with van der Waals surface area (Å²) in [6, 6.07) is 0. The van der Waals surface area contributed by atoms with E-state index in [1.54, 1.807) is 13.0 Å². The first-order valence-corrected chi connectivity index (χ1v) is 7.35. The molecule has 0 aromatic carbocycles. The van der Waals surface area contributed by atoms with Crippen molar-refractivity contribution in [2.24, 2.45) is 21.7 Å². The topological polar surface area (TPSA) is 74.6 Å². The lowest BCUT2D eigenvalue weighted by Gasteiger charge is -2.50. The van der Waals surface area contributed by atoms with Crippen LogP contribution >= 0.6 is 0 Å². The fraction of sp³-hybridized carbons (Fsp3) is 0.765. The van der Waals surface area contributed by atoms with Gasteiger partial charge in [-0.3, -0.25) is 9.59 Å². The molecule has 2 atom stereocenters. The van der Waals surface area contributed by atoms with Crippen LogP contribution in [0, 0.1) is 21.7 Å². The molecule has 0 amide bonds. The van der Waals surface area contributed by atoms with Crippen LogP contribution in [0.25, 0.3) is 0 Å². The molecule has 2 unspecified atom stereocenters. The molecular formula is C17H28O4. The van der Waals surface area contributed by atoms with Gasteiger partial charge in [0.05, 0.1) is 10.8 Å². The standard InChI is InChI=1S/C17H28O4/c1-14(2,3)11-8-16(7,12(18)19)10-17(9-11,13(20)21)15(4,5)6/h8H,9-10H2,1-7H3,(H,18,19)(H,20,21). The molecule has 0 heterocycles. The van der Waals surface area contributed by atoms with Crippen molar-refractivity contribution < 1.29 is 19.8 Å². The first-order chi connectivity index (χ1) is 9.16. The van der Waals surface area contributed by atoms with E-state index in [2.05, 4.69) is 0 Å². The fourth-order valence-electron chi connectivity index (χ4n) is 3.12. The predicted octanol–water partition coefficient (Wildman–Crippen LogP) is 3.96. The summed E-state index contributed by atoms with van der Waals surface area (Å²) in [4.78, 5) is 23.8. The van der Waals surface area contributed by atoms with Gasteiger partial charge in [0.1, 0.15) is 0 Å². The average molecular weight is 296 g/mol. The molecule has 120 valence electrons. The van der Waals surface area contributed by atoms with Crippen molar-refractivity contribution in [2.45, 2.75) is 61.3 Å². The van der Waals surface area contributed by atoms with Crippen molar-refractivity contribution >= 4 is 11.9 Å². The Morgan fingerprint density at radius 2 is 1.52 bits per heavy atom. The monoisotopic (exact) mass is 296 g/mol. The van der Waals surface area contributed by atoms with Crippen molar-refractivity contribution in [1.29, 1.82) is 0 Å². The van der Waals surface area contributed by atoms with E-state index in [1.807, 2.05) is 41.5 Å². The number of rotatable bonds is 2. The molecule has 1 aliphatic carbocycles. The van der Waals surface area contributed by atoms with Crippen LogP contribution in [0.15, 0.2) is 11.6 Å². The van der Waals surface area contributed by atoms with Crippen LogP contribution in [0.3, 0.4) is 0 Å². The zero-order chi connectivity index (χ0) is 16.9. The lowest BCUT2D eigenvalue weighted by Crippen LogP contribution is -2.51. The van der Waals surface area contributed by atoms with Gasteiger partial charge < -0.3 is 10.2 Å². The number of allylic oxidation sites excluding steroid dienone is 1. The van der Waals surface area contributed by atoms with E-state index in [9.17, 15) is 19.8 Å². The van der Waals surface area contributed by atoms with Gasteiger partial charge in [-0.05, 0) is 30.6 Å². The Hall–Kier alpha value is -1.32. The molecular weight excluding hydrogens is 268 g/mol. The summed E-state index contributed by atoms with van der Waals surface area (Å²) in [7, 11) is 0. The maximum Gasteiger partial charge on any atom is 0.313 e. The van der Waals surface area contributed by atoms with Crippen LogP contribution in [0.4, 0.5) is 0 Å². The number of aliphatic carboxylic acids is 2. The number of hydrogen-bond acceptors (Lipinski definition) is 2. The highest BCUT2D eigenvalue weighted by Crippen LogP contribution is 2.57. The van der Waals surface area contributed by atoms with Crippen LogP contribution in [-0.2, 0) is 9.59 Å². The van der Waals surface area contributed by atoms with E-state index in [4.69, 9.17) is 0 Å². The first-order valence-electron chi connectivity index (χ1n) is 7.35. The fourth-order valence-corrected chi connectivity index (χ4v) is 3.12. The van der Waals surface area contributed by atoms with Gasteiger partial charge in [0.25, 0.3) is 0 Å². The van der Waals surface area contributed by atoms with Crippen LogP contribution in [0.5, 0.6) is 0 Å². The van der Waals surface area contributed by atoms with Crippen LogP contribution < -0.4 is 0 Å². The van der Waals surface area contributed by atoms with Crippen molar-refractivity contribution in [3.05, 3.63) is 11.6 Å². The maximum atomic E-state index is 12.1. The minimum atomic E-state index is -1.15. The summed E-state index contributed by atoms with van der Waals surface area (Å²) < 4.78 is 0. The Labute approximate surface area is 127 Å². The lowest BCUT2D eigenvalue weighted by molar-refractivity contribution is -0.164. The predicted molar refractivity (Wildman–Crippen MR) is 82.0 cm³/mol. The third kappa shape index (κ3) is 2.99. The van der Waals surface area contributed by atoms with E-state index in [-0.39, 0.29) is 11.8 Å². The van der Waals surface area contributed by atoms with Gasteiger partial charge in [-0.15, -0.1) is 0 Å². The molecule has 0 fully saturated rings. The second kappa shape index (κ2) is 4.85. The average Bonchev–Trinajstić information content (AvgIpc) is 2.24. The first kappa shape index (κ1) is 17.7. The molecule has 2 N–H and O–H groups in total. The Bertz CT molecular complexity index is 490. The molecule has 1 aliphatic rings. The largest absolute Gasteiger partial charge is 0.481 e. The summed E-state index contributed by atoms with van der Waals surface area (Å²) >= 11 is 0. The SMILES string of the molecule is CC(C)(C)C1=CC(C)(C(=O)O)CC(C(=O)O)(C(C)(C)C)C1. The van der Waals surface area contributed by atoms with E-state index < -0.39 is 28.2 Å². The molecule has 0 aliphatic heterocycles. The molecule has 4 nitrogen and oxygen atoms in total. The third-order valence-electron chi connectivity index (χ3n) is 4.95. The lowest BCUT2D eigenvalue weighted by atomic mass is 9.52. The Morgan fingerprint density at radius 3 is 1.81 bits per heavy atom. The van der Waals surface area contributed by atoms with Gasteiger partial charge in [-0.25, -0.2) is 0 Å². The van der Waals surface area contributed by atoms with Crippen LogP contribution in [0.2, 0.25) is 0 Å². The quantitative estimate of drug-likeness (QED) is 0.756. The molecule has 0 radical (unpaired) electrons. The molecule has 1 rings (SSSR count). The molecule has 4 heteroatoms. The Kier molecular flexibility index (Phi) is 4.10. The number of carboxylic acid groups (broad SMARTS) is 2.